The molecule has 0 saturated heterocycles. The maximum atomic E-state index is 12.3. The number of nitrogens with zero attached hydrogens (tertiary/aromatic N) is 2. The number of amides is 2. The molecule has 2 amide bonds. The van der Waals surface area contributed by atoms with Gasteiger partial charge in [-0.1, -0.05) is 29.8 Å². The van der Waals surface area contributed by atoms with Gasteiger partial charge in [-0.2, -0.15) is 0 Å². The molecule has 0 aliphatic heterocycles. The van der Waals surface area contributed by atoms with E-state index in [0.717, 1.165) is 18.5 Å². The summed E-state index contributed by atoms with van der Waals surface area (Å²) in [6.45, 7) is 1.76. The van der Waals surface area contributed by atoms with Crippen molar-refractivity contribution in [3.05, 3.63) is 64.4 Å². The zero-order chi connectivity index (χ0) is 18.9. The van der Waals surface area contributed by atoms with E-state index in [0.29, 0.717) is 23.7 Å². The second-order valence-corrected chi connectivity index (χ2v) is 6.52. The number of hydrogen-bond acceptors (Lipinski definition) is 4. The standard InChI is InChI=1S/C19H23ClN4O2/c1-24(2)11-5-9-22-18(25)14-8-10-21-17(12-14)19(26)23-13-15-6-3-4-7-16(15)20/h3-4,6-8,10,12H,5,9,11,13H2,1-2H3,(H,22,25)(H,23,26). The number of carbonyl (C=O) groups excluding carboxylic acids is 2. The first-order valence-electron chi connectivity index (χ1n) is 8.38. The minimum Gasteiger partial charge on any atom is -0.352 e. The molecule has 0 unspecified atom stereocenters. The first kappa shape index (κ1) is 19.9. The zero-order valence-electron chi connectivity index (χ0n) is 15.0. The number of pyridine rings is 1. The van der Waals surface area contributed by atoms with E-state index >= 15 is 0 Å². The number of hydrogen-bond donors (Lipinski definition) is 2. The molecule has 2 aromatic rings. The van der Waals surface area contributed by atoms with Crippen LogP contribution >= 0.6 is 11.6 Å². The number of nitrogens with one attached hydrogen (secondary N) is 2. The first-order chi connectivity index (χ1) is 12.5. The Balaban J connectivity index is 1.92. The molecule has 26 heavy (non-hydrogen) atoms. The monoisotopic (exact) mass is 374 g/mol. The Morgan fingerprint density at radius 2 is 1.88 bits per heavy atom. The van der Waals surface area contributed by atoms with E-state index in [1.54, 1.807) is 12.1 Å². The van der Waals surface area contributed by atoms with Gasteiger partial charge in [-0.15, -0.1) is 0 Å². The Labute approximate surface area is 158 Å². The van der Waals surface area contributed by atoms with Gasteiger partial charge in [0.2, 0.25) is 0 Å². The molecule has 0 aliphatic carbocycles. The lowest BCUT2D eigenvalue weighted by molar-refractivity contribution is 0.0946. The number of benzene rings is 1. The highest BCUT2D eigenvalue weighted by Crippen LogP contribution is 2.14. The molecule has 0 aliphatic rings. The fourth-order valence-electron chi connectivity index (χ4n) is 2.30. The van der Waals surface area contributed by atoms with Gasteiger partial charge >= 0.3 is 0 Å². The second kappa shape index (κ2) is 9.89. The Hall–Kier alpha value is -2.44. The summed E-state index contributed by atoms with van der Waals surface area (Å²) in [6.07, 6.45) is 2.31. The first-order valence-corrected chi connectivity index (χ1v) is 8.76. The minimum absolute atomic E-state index is 0.193. The molecule has 0 radical (unpaired) electrons. The van der Waals surface area contributed by atoms with Crippen LogP contribution in [0.3, 0.4) is 0 Å². The molecular weight excluding hydrogens is 352 g/mol. The van der Waals surface area contributed by atoms with Crippen LogP contribution in [0.15, 0.2) is 42.6 Å². The fourth-order valence-corrected chi connectivity index (χ4v) is 2.51. The van der Waals surface area contributed by atoms with E-state index in [2.05, 4.69) is 20.5 Å². The highest BCUT2D eigenvalue weighted by Gasteiger charge is 2.12. The highest BCUT2D eigenvalue weighted by molar-refractivity contribution is 6.31. The van der Waals surface area contributed by atoms with Gasteiger partial charge in [0.1, 0.15) is 5.69 Å². The van der Waals surface area contributed by atoms with E-state index in [9.17, 15) is 9.59 Å². The van der Waals surface area contributed by atoms with Gasteiger partial charge in [-0.3, -0.25) is 14.6 Å². The Morgan fingerprint density at radius 3 is 2.62 bits per heavy atom. The van der Waals surface area contributed by atoms with Crippen LogP contribution < -0.4 is 10.6 Å². The molecule has 138 valence electrons. The van der Waals surface area contributed by atoms with Gasteiger partial charge in [0.05, 0.1) is 0 Å². The van der Waals surface area contributed by atoms with Crippen LogP contribution in [0.25, 0.3) is 0 Å². The van der Waals surface area contributed by atoms with Crippen molar-refractivity contribution < 1.29 is 9.59 Å². The Bertz CT molecular complexity index is 765. The van der Waals surface area contributed by atoms with Gasteiger partial charge in [0.15, 0.2) is 0 Å². The van der Waals surface area contributed by atoms with Gasteiger partial charge in [0, 0.05) is 29.9 Å². The van der Waals surface area contributed by atoms with Crippen molar-refractivity contribution in [2.45, 2.75) is 13.0 Å². The third-order valence-electron chi connectivity index (χ3n) is 3.72. The quantitative estimate of drug-likeness (QED) is 0.695. The molecule has 2 N–H and O–H groups in total. The van der Waals surface area contributed by atoms with Crippen LogP contribution in [0, 0.1) is 0 Å². The average molecular weight is 375 g/mol. The van der Waals surface area contributed by atoms with Crippen molar-refractivity contribution in [2.75, 3.05) is 27.2 Å². The van der Waals surface area contributed by atoms with Crippen LogP contribution in [-0.2, 0) is 6.54 Å². The van der Waals surface area contributed by atoms with Crippen LogP contribution in [0.5, 0.6) is 0 Å². The summed E-state index contributed by atoms with van der Waals surface area (Å²) in [5.41, 5.74) is 1.42. The van der Waals surface area contributed by atoms with Crippen LogP contribution in [0.1, 0.15) is 32.8 Å². The van der Waals surface area contributed by atoms with Crippen molar-refractivity contribution in [3.8, 4) is 0 Å². The van der Waals surface area contributed by atoms with E-state index < -0.39 is 0 Å². The topological polar surface area (TPSA) is 74.3 Å². The zero-order valence-corrected chi connectivity index (χ0v) is 15.7. The lowest BCUT2D eigenvalue weighted by Gasteiger charge is -2.10. The number of rotatable bonds is 8. The molecule has 1 aromatic carbocycles. The maximum absolute atomic E-state index is 12.3. The van der Waals surface area contributed by atoms with E-state index in [4.69, 9.17) is 11.6 Å². The Kier molecular flexibility index (Phi) is 7.56. The molecule has 1 aromatic heterocycles. The molecule has 0 atom stereocenters. The Morgan fingerprint density at radius 1 is 1.12 bits per heavy atom. The van der Waals surface area contributed by atoms with Crippen molar-refractivity contribution >= 4 is 23.4 Å². The summed E-state index contributed by atoms with van der Waals surface area (Å²) in [7, 11) is 3.97. The van der Waals surface area contributed by atoms with Crippen molar-refractivity contribution in [2.24, 2.45) is 0 Å². The molecule has 7 heteroatoms. The summed E-state index contributed by atoms with van der Waals surface area (Å²) in [4.78, 5) is 30.6. The maximum Gasteiger partial charge on any atom is 0.270 e. The summed E-state index contributed by atoms with van der Waals surface area (Å²) >= 11 is 6.08. The van der Waals surface area contributed by atoms with Crippen LogP contribution in [0.2, 0.25) is 5.02 Å². The molecular formula is C19H23ClN4O2. The summed E-state index contributed by atoms with van der Waals surface area (Å²) in [6, 6.07) is 10.4. The lowest BCUT2D eigenvalue weighted by Crippen LogP contribution is -2.28. The summed E-state index contributed by atoms with van der Waals surface area (Å²) < 4.78 is 0. The number of carbonyl (C=O) groups is 2. The van der Waals surface area contributed by atoms with Gasteiger partial charge < -0.3 is 15.5 Å². The van der Waals surface area contributed by atoms with Gasteiger partial charge in [0.25, 0.3) is 11.8 Å². The SMILES string of the molecule is CN(C)CCCNC(=O)c1ccnc(C(=O)NCc2ccccc2Cl)c1. The summed E-state index contributed by atoms with van der Waals surface area (Å²) in [5.74, 6) is -0.571. The van der Waals surface area contributed by atoms with E-state index in [-0.39, 0.29) is 17.5 Å². The number of halogens is 1. The molecule has 6 nitrogen and oxygen atoms in total. The largest absolute Gasteiger partial charge is 0.352 e. The minimum atomic E-state index is -0.354. The molecule has 0 fully saturated rings. The molecule has 1 heterocycles. The number of aromatic nitrogens is 1. The predicted octanol–water partition coefficient (Wildman–Crippen LogP) is 2.35. The van der Waals surface area contributed by atoms with Gasteiger partial charge in [-0.25, -0.2) is 0 Å². The van der Waals surface area contributed by atoms with Crippen LogP contribution in [-0.4, -0.2) is 48.9 Å². The second-order valence-electron chi connectivity index (χ2n) is 6.12. The summed E-state index contributed by atoms with van der Waals surface area (Å²) in [5, 5.41) is 6.20. The lowest BCUT2D eigenvalue weighted by atomic mass is 10.2. The third-order valence-corrected chi connectivity index (χ3v) is 4.09. The van der Waals surface area contributed by atoms with E-state index in [1.807, 2.05) is 32.3 Å². The van der Waals surface area contributed by atoms with Crippen molar-refractivity contribution in [1.29, 1.82) is 0 Å². The van der Waals surface area contributed by atoms with Crippen LogP contribution in [0.4, 0.5) is 0 Å². The molecule has 0 bridgehead atoms. The highest BCUT2D eigenvalue weighted by atomic mass is 35.5. The van der Waals surface area contributed by atoms with Crippen molar-refractivity contribution in [3.63, 3.8) is 0 Å². The fraction of sp³-hybridized carbons (Fsp3) is 0.316. The van der Waals surface area contributed by atoms with E-state index in [1.165, 1.54) is 12.3 Å². The average Bonchev–Trinajstić information content (AvgIpc) is 2.64. The smallest absolute Gasteiger partial charge is 0.270 e. The molecule has 0 saturated carbocycles. The third kappa shape index (κ3) is 6.13. The van der Waals surface area contributed by atoms with Gasteiger partial charge in [-0.05, 0) is 50.8 Å². The molecule has 0 spiro atoms. The van der Waals surface area contributed by atoms with Crippen molar-refractivity contribution in [1.82, 2.24) is 20.5 Å². The predicted molar refractivity (Wildman–Crippen MR) is 102 cm³/mol. The molecule has 2 rings (SSSR count). The normalized spacial score (nSPS) is 10.6.